The van der Waals surface area contributed by atoms with E-state index < -0.39 is 0 Å². The number of hydrogen-bond donors (Lipinski definition) is 1. The van der Waals surface area contributed by atoms with Gasteiger partial charge in [-0.05, 0) is 40.3 Å². The summed E-state index contributed by atoms with van der Waals surface area (Å²) in [6.07, 6.45) is 0.948. The van der Waals surface area contributed by atoms with Crippen molar-refractivity contribution in [3.8, 4) is 0 Å². The molecule has 0 saturated heterocycles. The van der Waals surface area contributed by atoms with E-state index in [1.54, 1.807) is 11.6 Å². The van der Waals surface area contributed by atoms with E-state index in [2.05, 4.69) is 29.2 Å². The average Bonchev–Trinajstić information content (AvgIpc) is 2.63. The highest BCUT2D eigenvalue weighted by atomic mass is 16.6. The van der Waals surface area contributed by atoms with Crippen molar-refractivity contribution in [3.63, 3.8) is 0 Å². The molecule has 0 aliphatic rings. The predicted molar refractivity (Wildman–Crippen MR) is 84.7 cm³/mol. The van der Waals surface area contributed by atoms with Gasteiger partial charge in [0.05, 0.1) is 4.92 Å². The normalized spacial score (nSPS) is 13.0. The molecule has 0 fully saturated rings. The number of nitrogens with zero attached hydrogens (tertiary/aromatic N) is 4. The second-order valence-electron chi connectivity index (χ2n) is 6.09. The van der Waals surface area contributed by atoms with Gasteiger partial charge in [-0.15, -0.1) is 0 Å². The molecule has 1 aromatic rings. The highest BCUT2D eigenvalue weighted by Crippen LogP contribution is 2.29. The summed E-state index contributed by atoms with van der Waals surface area (Å²) in [5, 5.41) is 18.9. The Kier molecular flexibility index (Phi) is 6.14. The van der Waals surface area contributed by atoms with Crippen molar-refractivity contribution >= 4 is 11.5 Å². The van der Waals surface area contributed by atoms with Gasteiger partial charge in [0.25, 0.3) is 0 Å². The highest BCUT2D eigenvalue weighted by molar-refractivity contribution is 5.60. The molecule has 0 saturated carbocycles. The number of likely N-dealkylation sites (N-methyl/N-ethyl adjacent to an activating group) is 1. The molecular weight excluding hydrogens is 270 g/mol. The van der Waals surface area contributed by atoms with Crippen molar-refractivity contribution in [2.45, 2.75) is 46.7 Å². The lowest BCUT2D eigenvalue weighted by molar-refractivity contribution is -0.384. The molecule has 1 atom stereocenters. The maximum Gasteiger partial charge on any atom is 0.333 e. The van der Waals surface area contributed by atoms with Gasteiger partial charge in [0.2, 0.25) is 5.82 Å². The smallest absolute Gasteiger partial charge is 0.333 e. The Labute approximate surface area is 126 Å². The van der Waals surface area contributed by atoms with Crippen LogP contribution in [0.1, 0.15) is 32.9 Å². The van der Waals surface area contributed by atoms with Crippen LogP contribution in [0.4, 0.5) is 11.5 Å². The Morgan fingerprint density at radius 3 is 2.48 bits per heavy atom. The lowest BCUT2D eigenvalue weighted by Gasteiger charge is -2.24. The molecule has 21 heavy (non-hydrogen) atoms. The Hall–Kier alpha value is -1.63. The standard InChI is InChI=1S/C14H27N5O2/c1-7-18-14(13(19(20)21)11(4)16-18)15-12(8-10(2)3)9-17(5)6/h10,12,15H,7-9H2,1-6H3. The molecule has 1 unspecified atom stereocenters. The predicted octanol–water partition coefficient (Wildman–Crippen LogP) is 2.51. The molecule has 0 aromatic carbocycles. The van der Waals surface area contributed by atoms with Crippen molar-refractivity contribution in [1.29, 1.82) is 0 Å². The van der Waals surface area contributed by atoms with E-state index in [0.29, 0.717) is 24.0 Å². The van der Waals surface area contributed by atoms with Crippen molar-refractivity contribution in [2.75, 3.05) is 26.0 Å². The zero-order valence-electron chi connectivity index (χ0n) is 13.9. The minimum Gasteiger partial charge on any atom is -0.360 e. The molecule has 0 bridgehead atoms. The molecule has 0 aliphatic carbocycles. The third kappa shape index (κ3) is 4.70. The third-order valence-corrected chi connectivity index (χ3v) is 3.26. The van der Waals surface area contributed by atoms with Gasteiger partial charge >= 0.3 is 5.69 Å². The van der Waals surface area contributed by atoms with Crippen LogP contribution in [-0.2, 0) is 6.54 Å². The quantitative estimate of drug-likeness (QED) is 0.589. The summed E-state index contributed by atoms with van der Waals surface area (Å²) < 4.78 is 1.68. The summed E-state index contributed by atoms with van der Waals surface area (Å²) in [7, 11) is 4.01. The number of aromatic nitrogens is 2. The summed E-state index contributed by atoms with van der Waals surface area (Å²) >= 11 is 0. The molecule has 0 amide bonds. The fourth-order valence-electron chi connectivity index (χ4n) is 2.54. The Morgan fingerprint density at radius 1 is 1.43 bits per heavy atom. The first-order valence-electron chi connectivity index (χ1n) is 7.39. The van der Waals surface area contributed by atoms with Gasteiger partial charge in [-0.3, -0.25) is 10.1 Å². The van der Waals surface area contributed by atoms with Gasteiger partial charge in [-0.1, -0.05) is 13.8 Å². The lowest BCUT2D eigenvalue weighted by Crippen LogP contribution is -2.34. The van der Waals surface area contributed by atoms with Gasteiger partial charge in [0.1, 0.15) is 5.69 Å². The van der Waals surface area contributed by atoms with Crippen molar-refractivity contribution < 1.29 is 4.92 Å². The number of hydrogen-bond acceptors (Lipinski definition) is 5. The molecular formula is C14H27N5O2. The van der Waals surface area contributed by atoms with Crippen LogP contribution < -0.4 is 5.32 Å². The van der Waals surface area contributed by atoms with Crippen LogP contribution in [0, 0.1) is 23.0 Å². The van der Waals surface area contributed by atoms with E-state index in [4.69, 9.17) is 0 Å². The van der Waals surface area contributed by atoms with Crippen molar-refractivity contribution in [2.24, 2.45) is 5.92 Å². The van der Waals surface area contributed by atoms with Crippen molar-refractivity contribution in [3.05, 3.63) is 15.8 Å². The average molecular weight is 297 g/mol. The van der Waals surface area contributed by atoms with E-state index in [-0.39, 0.29) is 16.7 Å². The summed E-state index contributed by atoms with van der Waals surface area (Å²) in [4.78, 5) is 13.0. The maximum absolute atomic E-state index is 11.3. The summed E-state index contributed by atoms with van der Waals surface area (Å²) in [5.41, 5.74) is 0.543. The van der Waals surface area contributed by atoms with E-state index in [1.165, 1.54) is 0 Å². The largest absolute Gasteiger partial charge is 0.360 e. The maximum atomic E-state index is 11.3. The van der Waals surface area contributed by atoms with E-state index in [0.717, 1.165) is 13.0 Å². The van der Waals surface area contributed by atoms with E-state index >= 15 is 0 Å². The molecule has 1 heterocycles. The fraction of sp³-hybridized carbons (Fsp3) is 0.786. The monoisotopic (exact) mass is 297 g/mol. The summed E-state index contributed by atoms with van der Waals surface area (Å²) in [6, 6.07) is 0.153. The van der Waals surface area contributed by atoms with Crippen LogP contribution in [0.5, 0.6) is 0 Å². The minimum absolute atomic E-state index is 0.0874. The second kappa shape index (κ2) is 7.40. The topological polar surface area (TPSA) is 76.2 Å². The van der Waals surface area contributed by atoms with Crippen LogP contribution in [0.15, 0.2) is 0 Å². The van der Waals surface area contributed by atoms with Crippen LogP contribution in [0.2, 0.25) is 0 Å². The molecule has 1 N–H and O–H groups in total. The van der Waals surface area contributed by atoms with Gasteiger partial charge in [0, 0.05) is 19.1 Å². The first-order chi connectivity index (χ1) is 9.76. The number of rotatable bonds is 8. The molecule has 1 aromatic heterocycles. The Balaban J connectivity index is 3.09. The number of anilines is 1. The Bertz CT molecular complexity index is 472. The third-order valence-electron chi connectivity index (χ3n) is 3.26. The zero-order valence-corrected chi connectivity index (χ0v) is 13.9. The first kappa shape index (κ1) is 17.4. The van der Waals surface area contributed by atoms with Gasteiger partial charge in [-0.2, -0.15) is 5.10 Å². The van der Waals surface area contributed by atoms with Gasteiger partial charge < -0.3 is 10.2 Å². The molecule has 7 nitrogen and oxygen atoms in total. The highest BCUT2D eigenvalue weighted by Gasteiger charge is 2.27. The second-order valence-corrected chi connectivity index (χ2v) is 6.09. The molecule has 120 valence electrons. The van der Waals surface area contributed by atoms with E-state index in [1.807, 2.05) is 21.0 Å². The summed E-state index contributed by atoms with van der Waals surface area (Å²) in [5.74, 6) is 1.04. The first-order valence-corrected chi connectivity index (χ1v) is 7.39. The van der Waals surface area contributed by atoms with Crippen molar-refractivity contribution in [1.82, 2.24) is 14.7 Å². The Morgan fingerprint density at radius 2 is 2.05 bits per heavy atom. The van der Waals surface area contributed by atoms with Gasteiger partial charge in [-0.25, -0.2) is 4.68 Å². The number of nitrogens with one attached hydrogen (secondary N) is 1. The lowest BCUT2D eigenvalue weighted by atomic mass is 10.0. The summed E-state index contributed by atoms with van der Waals surface area (Å²) in [6.45, 7) is 9.35. The molecule has 0 aliphatic heterocycles. The molecule has 7 heteroatoms. The molecule has 1 rings (SSSR count). The van der Waals surface area contributed by atoms with E-state index in [9.17, 15) is 10.1 Å². The molecule has 0 radical (unpaired) electrons. The number of nitro groups is 1. The minimum atomic E-state index is -0.348. The molecule has 0 spiro atoms. The zero-order chi connectivity index (χ0) is 16.2. The van der Waals surface area contributed by atoms with Gasteiger partial charge in [0.15, 0.2) is 0 Å². The van der Waals surface area contributed by atoms with Crippen LogP contribution in [-0.4, -0.2) is 46.3 Å². The van der Waals surface area contributed by atoms with Crippen LogP contribution in [0.3, 0.4) is 0 Å². The van der Waals surface area contributed by atoms with Crippen LogP contribution in [0.25, 0.3) is 0 Å². The van der Waals surface area contributed by atoms with Crippen LogP contribution >= 0.6 is 0 Å². The fourth-order valence-corrected chi connectivity index (χ4v) is 2.54. The number of aryl methyl sites for hydroxylation is 2. The SMILES string of the molecule is CCn1nc(C)c([N+](=O)[O-])c1NC(CC(C)C)CN(C)C.